The Morgan fingerprint density at radius 1 is 1.55 bits per heavy atom. The van der Waals surface area contributed by atoms with Gasteiger partial charge >= 0.3 is 5.97 Å². The highest BCUT2D eigenvalue weighted by Crippen LogP contribution is 2.17. The van der Waals surface area contributed by atoms with Crippen LogP contribution in [0, 0.1) is 6.92 Å². The van der Waals surface area contributed by atoms with Gasteiger partial charge in [-0.1, -0.05) is 0 Å². The Balaban J connectivity index is 1.91. The monoisotopic (exact) mass is 295 g/mol. The van der Waals surface area contributed by atoms with Crippen molar-refractivity contribution >= 4 is 29.3 Å². The average Bonchev–Trinajstić information content (AvgIpc) is 2.81. The van der Waals surface area contributed by atoms with E-state index in [1.165, 1.54) is 11.0 Å². The molecule has 1 saturated heterocycles. The van der Waals surface area contributed by atoms with Crippen molar-refractivity contribution in [3.05, 3.63) is 28.0 Å². The fraction of sp³-hybridized carbons (Fsp3) is 0.429. The fourth-order valence-corrected chi connectivity index (χ4v) is 2.82. The molecule has 1 fully saturated rings. The van der Waals surface area contributed by atoms with E-state index < -0.39 is 12.1 Å². The second kappa shape index (κ2) is 6.67. The van der Waals surface area contributed by atoms with Gasteiger partial charge < -0.3 is 14.7 Å². The second-order valence-electron chi connectivity index (χ2n) is 4.66. The SMILES string of the molecule is Cc1ccc(C=CC(=O)N2CCOC(CC(=O)O)C2)s1. The Bertz CT molecular complexity index is 523. The van der Waals surface area contributed by atoms with E-state index in [1.807, 2.05) is 19.1 Å². The summed E-state index contributed by atoms with van der Waals surface area (Å²) in [5, 5.41) is 8.75. The number of carbonyl (C=O) groups excluding carboxylic acids is 1. The molecule has 0 bridgehead atoms. The molecule has 1 amide bonds. The molecule has 5 nitrogen and oxygen atoms in total. The molecule has 2 heterocycles. The van der Waals surface area contributed by atoms with E-state index in [0.717, 1.165) is 4.88 Å². The van der Waals surface area contributed by atoms with E-state index >= 15 is 0 Å². The van der Waals surface area contributed by atoms with Gasteiger partial charge in [0.2, 0.25) is 5.91 Å². The van der Waals surface area contributed by atoms with E-state index in [9.17, 15) is 9.59 Å². The van der Waals surface area contributed by atoms with Crippen LogP contribution in [0.2, 0.25) is 0 Å². The van der Waals surface area contributed by atoms with Crippen molar-refractivity contribution in [2.24, 2.45) is 0 Å². The zero-order valence-corrected chi connectivity index (χ0v) is 12.1. The number of rotatable bonds is 4. The zero-order chi connectivity index (χ0) is 14.5. The first-order valence-electron chi connectivity index (χ1n) is 6.41. The maximum absolute atomic E-state index is 12.1. The first kappa shape index (κ1) is 14.7. The van der Waals surface area contributed by atoms with Gasteiger partial charge in [0.05, 0.1) is 19.1 Å². The van der Waals surface area contributed by atoms with Crippen LogP contribution in [-0.4, -0.2) is 47.7 Å². The molecule has 1 aromatic rings. The molecule has 1 unspecified atom stereocenters. The number of nitrogens with zero attached hydrogens (tertiary/aromatic N) is 1. The van der Waals surface area contributed by atoms with Gasteiger partial charge in [-0.2, -0.15) is 0 Å². The van der Waals surface area contributed by atoms with Crippen molar-refractivity contribution in [3.63, 3.8) is 0 Å². The number of ether oxygens (including phenoxy) is 1. The average molecular weight is 295 g/mol. The Kier molecular flexibility index (Phi) is 4.92. The van der Waals surface area contributed by atoms with Gasteiger partial charge in [-0.05, 0) is 25.1 Å². The Morgan fingerprint density at radius 2 is 2.35 bits per heavy atom. The highest BCUT2D eigenvalue weighted by atomic mass is 32.1. The highest BCUT2D eigenvalue weighted by Gasteiger charge is 2.24. The van der Waals surface area contributed by atoms with Gasteiger partial charge in [-0.15, -0.1) is 11.3 Å². The molecule has 1 aliphatic rings. The molecule has 6 heteroatoms. The van der Waals surface area contributed by atoms with E-state index in [0.29, 0.717) is 19.7 Å². The van der Waals surface area contributed by atoms with Gasteiger partial charge in [-0.3, -0.25) is 9.59 Å². The van der Waals surface area contributed by atoms with Gasteiger partial charge in [0, 0.05) is 28.9 Å². The summed E-state index contributed by atoms with van der Waals surface area (Å²) < 4.78 is 5.34. The van der Waals surface area contributed by atoms with Crippen LogP contribution in [0.4, 0.5) is 0 Å². The summed E-state index contributed by atoms with van der Waals surface area (Å²) in [7, 11) is 0. The van der Waals surface area contributed by atoms with E-state index in [2.05, 4.69) is 0 Å². The van der Waals surface area contributed by atoms with Crippen molar-refractivity contribution in [3.8, 4) is 0 Å². The van der Waals surface area contributed by atoms with Gasteiger partial charge in [0.15, 0.2) is 0 Å². The number of carbonyl (C=O) groups is 2. The second-order valence-corrected chi connectivity index (χ2v) is 5.98. The standard InChI is InChI=1S/C14H17NO4S/c1-10-2-3-12(20-10)4-5-13(16)15-6-7-19-11(9-15)8-14(17)18/h2-5,11H,6-9H2,1H3,(H,17,18). The van der Waals surface area contributed by atoms with Gasteiger partial charge in [0.25, 0.3) is 0 Å². The predicted molar refractivity (Wildman–Crippen MR) is 76.7 cm³/mol. The highest BCUT2D eigenvalue weighted by molar-refractivity contribution is 7.12. The molecule has 0 spiro atoms. The quantitative estimate of drug-likeness (QED) is 0.860. The molecule has 108 valence electrons. The minimum atomic E-state index is -0.908. The molecule has 0 saturated carbocycles. The van der Waals surface area contributed by atoms with E-state index in [-0.39, 0.29) is 12.3 Å². The molecular weight excluding hydrogens is 278 g/mol. The summed E-state index contributed by atoms with van der Waals surface area (Å²) in [6, 6.07) is 3.97. The number of thiophene rings is 1. The van der Waals surface area contributed by atoms with Gasteiger partial charge in [-0.25, -0.2) is 0 Å². The van der Waals surface area contributed by atoms with Crippen molar-refractivity contribution in [2.45, 2.75) is 19.4 Å². The maximum Gasteiger partial charge on any atom is 0.306 e. The van der Waals surface area contributed by atoms with Crippen LogP contribution in [0.25, 0.3) is 6.08 Å². The molecule has 1 N–H and O–H groups in total. The number of aryl methyl sites for hydroxylation is 1. The minimum Gasteiger partial charge on any atom is -0.481 e. The molecule has 2 rings (SSSR count). The lowest BCUT2D eigenvalue weighted by Crippen LogP contribution is -2.45. The van der Waals surface area contributed by atoms with Crippen LogP contribution in [0.1, 0.15) is 16.2 Å². The van der Waals surface area contributed by atoms with Crippen LogP contribution in [0.15, 0.2) is 18.2 Å². The lowest BCUT2D eigenvalue weighted by Gasteiger charge is -2.31. The molecule has 0 aliphatic carbocycles. The first-order valence-corrected chi connectivity index (χ1v) is 7.23. The summed E-state index contributed by atoms with van der Waals surface area (Å²) in [5.41, 5.74) is 0. The summed E-state index contributed by atoms with van der Waals surface area (Å²) >= 11 is 1.63. The predicted octanol–water partition coefficient (Wildman–Crippen LogP) is 1.77. The first-order chi connectivity index (χ1) is 9.54. The molecular formula is C14H17NO4S. The minimum absolute atomic E-state index is 0.0718. The number of hydrogen-bond acceptors (Lipinski definition) is 4. The smallest absolute Gasteiger partial charge is 0.306 e. The van der Waals surface area contributed by atoms with Crippen molar-refractivity contribution in [1.82, 2.24) is 4.90 Å². The maximum atomic E-state index is 12.1. The molecule has 0 radical (unpaired) electrons. The molecule has 1 aromatic heterocycles. The number of amides is 1. The van der Waals surface area contributed by atoms with Crippen molar-refractivity contribution < 1.29 is 19.4 Å². The largest absolute Gasteiger partial charge is 0.481 e. The molecule has 1 aliphatic heterocycles. The van der Waals surface area contributed by atoms with Crippen molar-refractivity contribution in [2.75, 3.05) is 19.7 Å². The van der Waals surface area contributed by atoms with Crippen LogP contribution in [0.3, 0.4) is 0 Å². The molecule has 1 atom stereocenters. The Hall–Kier alpha value is -1.66. The van der Waals surface area contributed by atoms with Crippen molar-refractivity contribution in [1.29, 1.82) is 0 Å². The van der Waals surface area contributed by atoms with Crippen LogP contribution >= 0.6 is 11.3 Å². The topological polar surface area (TPSA) is 66.8 Å². The zero-order valence-electron chi connectivity index (χ0n) is 11.2. The van der Waals surface area contributed by atoms with E-state index in [1.54, 1.807) is 22.3 Å². The van der Waals surface area contributed by atoms with Gasteiger partial charge in [0.1, 0.15) is 0 Å². The third-order valence-corrected chi connectivity index (χ3v) is 3.97. The normalized spacial score (nSPS) is 19.4. The Morgan fingerprint density at radius 3 is 3.00 bits per heavy atom. The summed E-state index contributed by atoms with van der Waals surface area (Å²) in [6.07, 6.45) is 2.84. The number of hydrogen-bond donors (Lipinski definition) is 1. The third kappa shape index (κ3) is 4.18. The third-order valence-electron chi connectivity index (χ3n) is 3.00. The summed E-state index contributed by atoms with van der Waals surface area (Å²) in [6.45, 7) is 3.24. The van der Waals surface area contributed by atoms with Crippen LogP contribution in [0.5, 0.6) is 0 Å². The summed E-state index contributed by atoms with van der Waals surface area (Å²) in [4.78, 5) is 26.6. The van der Waals surface area contributed by atoms with Crippen LogP contribution in [-0.2, 0) is 14.3 Å². The number of carboxylic acids is 1. The number of morpholine rings is 1. The lowest BCUT2D eigenvalue weighted by molar-refractivity contribution is -0.145. The molecule has 20 heavy (non-hydrogen) atoms. The Labute approximate surface area is 121 Å². The lowest BCUT2D eigenvalue weighted by atomic mass is 10.2. The fourth-order valence-electron chi connectivity index (χ4n) is 2.04. The van der Waals surface area contributed by atoms with Crippen LogP contribution < -0.4 is 0 Å². The van der Waals surface area contributed by atoms with E-state index in [4.69, 9.17) is 9.84 Å². The number of carboxylic acid groups (broad SMARTS) is 1. The summed E-state index contributed by atoms with van der Waals surface area (Å²) in [5.74, 6) is -1.01. The molecule has 0 aromatic carbocycles. The number of aliphatic carboxylic acids is 1.